The Kier molecular flexibility index (Phi) is 17.5. The first kappa shape index (κ1) is 23.7. The summed E-state index contributed by atoms with van der Waals surface area (Å²) in [5.74, 6) is 0. The molecule has 0 unspecified atom stereocenters. The molecule has 0 aliphatic heterocycles. The van der Waals surface area contributed by atoms with Gasteiger partial charge in [0.25, 0.3) is 0 Å². The van der Waals surface area contributed by atoms with Crippen molar-refractivity contribution < 1.29 is 58.9 Å². The van der Waals surface area contributed by atoms with Gasteiger partial charge in [0.2, 0.25) is 0 Å². The topological polar surface area (TPSA) is 0 Å². The second kappa shape index (κ2) is 9.61. The molecular formula is C9H14Cl3Ti. The van der Waals surface area contributed by atoms with Crippen LogP contribution in [0.5, 0.6) is 0 Å². The summed E-state index contributed by atoms with van der Waals surface area (Å²) in [6, 6.07) is 0. The van der Waals surface area contributed by atoms with E-state index in [1.165, 1.54) is 0 Å². The van der Waals surface area contributed by atoms with Crippen LogP contribution >= 0.6 is 0 Å². The number of hydrogen-bond acceptors (Lipinski definition) is 0. The van der Waals surface area contributed by atoms with Gasteiger partial charge in [-0.25, -0.2) is 0 Å². The molecule has 0 nitrogen and oxygen atoms in total. The van der Waals surface area contributed by atoms with E-state index in [1.807, 2.05) is 0 Å². The fraction of sp³-hybridized carbons (Fsp3) is 0.556. The molecule has 4 heteroatoms. The van der Waals surface area contributed by atoms with E-state index in [1.54, 1.807) is 5.57 Å². The van der Waals surface area contributed by atoms with Crippen LogP contribution < -0.4 is 37.2 Å². The van der Waals surface area contributed by atoms with Gasteiger partial charge in [0, 0.05) is 0 Å². The maximum Gasteiger partial charge on any atom is 3.00 e. The Hall–Kier alpha value is 1.06. The first-order valence-corrected chi connectivity index (χ1v) is 3.47. The van der Waals surface area contributed by atoms with Gasteiger partial charge < -0.3 is 37.2 Å². The van der Waals surface area contributed by atoms with Crippen LogP contribution in [0.1, 0.15) is 27.2 Å². The zero-order chi connectivity index (χ0) is 6.91. The molecule has 1 radical (unpaired) electrons. The molecule has 13 heavy (non-hydrogen) atoms. The van der Waals surface area contributed by atoms with E-state index in [2.05, 4.69) is 39.0 Å². The Morgan fingerprint density at radius 1 is 1.08 bits per heavy atom. The summed E-state index contributed by atoms with van der Waals surface area (Å²) in [5.41, 5.74) is 1.92. The Balaban J connectivity index is -0.000000101. The maximum atomic E-state index is 2.26. The predicted octanol–water partition coefficient (Wildman–Crippen LogP) is -6.07. The number of halogens is 3. The second-order valence-electron chi connectivity index (χ2n) is 3.57. The normalized spacial score (nSPS) is 12.7. The minimum Gasteiger partial charge on any atom is -1.00 e. The predicted molar refractivity (Wildman–Crippen MR) is 41.3 cm³/mol. The van der Waals surface area contributed by atoms with Crippen molar-refractivity contribution in [2.45, 2.75) is 27.2 Å². The minimum atomic E-state index is 0. The van der Waals surface area contributed by atoms with Crippen molar-refractivity contribution in [2.75, 3.05) is 0 Å². The Morgan fingerprint density at radius 3 is 1.69 bits per heavy atom. The van der Waals surface area contributed by atoms with Crippen LogP contribution in [-0.2, 0) is 21.7 Å². The molecule has 0 aromatic rings. The number of hydrogen-bond donors (Lipinski definition) is 0. The molecule has 1 rings (SSSR count). The smallest absolute Gasteiger partial charge is 1.00 e. The van der Waals surface area contributed by atoms with Gasteiger partial charge in [-0.2, -0.15) is 0 Å². The molecule has 1 aliphatic carbocycles. The average molecular weight is 276 g/mol. The average Bonchev–Trinajstić information content (AvgIpc) is 2.08. The molecule has 0 amide bonds. The van der Waals surface area contributed by atoms with E-state index in [4.69, 9.17) is 0 Å². The van der Waals surface area contributed by atoms with Gasteiger partial charge in [-0.15, -0.1) is 0 Å². The molecule has 0 N–H and O–H groups in total. The quantitative estimate of drug-likeness (QED) is 0.387. The van der Waals surface area contributed by atoms with E-state index < -0.39 is 0 Å². The van der Waals surface area contributed by atoms with E-state index in [0.29, 0.717) is 5.41 Å². The SMILES string of the molecule is CC(C)(C)C1=CC=CC1.[Cl-].[Cl-].[Cl-].[Ti+3]. The first-order valence-electron chi connectivity index (χ1n) is 3.47. The zero-order valence-corrected chi connectivity index (χ0v) is 11.9. The van der Waals surface area contributed by atoms with Gasteiger partial charge in [0.05, 0.1) is 0 Å². The van der Waals surface area contributed by atoms with Crippen LogP contribution in [0.15, 0.2) is 23.8 Å². The molecule has 0 saturated carbocycles. The Labute approximate surface area is 115 Å². The van der Waals surface area contributed by atoms with Crippen molar-refractivity contribution in [3.05, 3.63) is 23.8 Å². The van der Waals surface area contributed by atoms with E-state index in [9.17, 15) is 0 Å². The molecule has 0 aromatic heterocycles. The number of allylic oxidation sites excluding steroid dienone is 4. The van der Waals surface area contributed by atoms with Crippen molar-refractivity contribution in [3.8, 4) is 0 Å². The van der Waals surface area contributed by atoms with Crippen LogP contribution in [-0.4, -0.2) is 0 Å². The summed E-state index contributed by atoms with van der Waals surface area (Å²) in [6.45, 7) is 6.77. The van der Waals surface area contributed by atoms with Crippen molar-refractivity contribution in [2.24, 2.45) is 5.41 Å². The van der Waals surface area contributed by atoms with Crippen LogP contribution in [0.2, 0.25) is 0 Å². The third-order valence-electron chi connectivity index (χ3n) is 1.73. The molecular weight excluding hydrogens is 262 g/mol. The molecule has 0 saturated heterocycles. The Bertz CT molecular complexity index is 168. The molecule has 75 valence electrons. The van der Waals surface area contributed by atoms with Gasteiger partial charge in [-0.05, 0) is 11.8 Å². The summed E-state index contributed by atoms with van der Waals surface area (Å²) in [6.07, 6.45) is 7.73. The molecule has 0 spiro atoms. The molecule has 0 atom stereocenters. The fourth-order valence-electron chi connectivity index (χ4n) is 1.00. The first-order chi connectivity index (χ1) is 4.11. The van der Waals surface area contributed by atoms with E-state index in [0.717, 1.165) is 6.42 Å². The summed E-state index contributed by atoms with van der Waals surface area (Å²) in [5, 5.41) is 0. The standard InChI is InChI=1S/C9H14.3ClH.Ti/c1-9(2,3)8-6-4-5-7-8;;;;/h4-6H,7H2,1-3H3;3*1H;/q;;;;+3/p-3. The molecule has 0 fully saturated rings. The summed E-state index contributed by atoms with van der Waals surface area (Å²) < 4.78 is 0. The number of rotatable bonds is 0. The van der Waals surface area contributed by atoms with Gasteiger partial charge in [0.15, 0.2) is 0 Å². The largest absolute Gasteiger partial charge is 3.00 e. The zero-order valence-electron chi connectivity index (χ0n) is 8.07. The molecule has 0 heterocycles. The van der Waals surface area contributed by atoms with Gasteiger partial charge in [-0.1, -0.05) is 44.6 Å². The monoisotopic (exact) mass is 275 g/mol. The van der Waals surface area contributed by atoms with Gasteiger partial charge in [-0.3, -0.25) is 0 Å². The van der Waals surface area contributed by atoms with Crippen molar-refractivity contribution in [1.29, 1.82) is 0 Å². The van der Waals surface area contributed by atoms with Crippen LogP contribution in [0.3, 0.4) is 0 Å². The van der Waals surface area contributed by atoms with Crippen LogP contribution in [0, 0.1) is 5.41 Å². The minimum absolute atomic E-state index is 0. The summed E-state index contributed by atoms with van der Waals surface area (Å²) in [7, 11) is 0. The van der Waals surface area contributed by atoms with Crippen LogP contribution in [0.25, 0.3) is 0 Å². The van der Waals surface area contributed by atoms with Crippen LogP contribution in [0.4, 0.5) is 0 Å². The third kappa shape index (κ3) is 8.09. The van der Waals surface area contributed by atoms with Crippen molar-refractivity contribution in [1.82, 2.24) is 0 Å². The Morgan fingerprint density at radius 2 is 1.54 bits per heavy atom. The third-order valence-corrected chi connectivity index (χ3v) is 1.73. The van der Waals surface area contributed by atoms with Gasteiger partial charge >= 0.3 is 21.7 Å². The summed E-state index contributed by atoms with van der Waals surface area (Å²) in [4.78, 5) is 0. The van der Waals surface area contributed by atoms with Gasteiger partial charge in [0.1, 0.15) is 0 Å². The van der Waals surface area contributed by atoms with Crippen molar-refractivity contribution >= 4 is 0 Å². The summed E-state index contributed by atoms with van der Waals surface area (Å²) >= 11 is 0. The van der Waals surface area contributed by atoms with E-state index in [-0.39, 0.29) is 58.9 Å². The van der Waals surface area contributed by atoms with Crippen molar-refractivity contribution in [3.63, 3.8) is 0 Å². The fourth-order valence-corrected chi connectivity index (χ4v) is 1.00. The van der Waals surface area contributed by atoms with E-state index >= 15 is 0 Å². The molecule has 0 aromatic carbocycles. The maximum absolute atomic E-state index is 2.26. The second-order valence-corrected chi connectivity index (χ2v) is 3.57. The molecule has 1 aliphatic rings. The molecule has 0 bridgehead atoms.